The van der Waals surface area contributed by atoms with Gasteiger partial charge in [-0.2, -0.15) is 17.5 Å². The number of piperazine rings is 1. The van der Waals surface area contributed by atoms with Gasteiger partial charge in [0.1, 0.15) is 9.90 Å². The van der Waals surface area contributed by atoms with Crippen molar-refractivity contribution in [3.8, 4) is 0 Å². The molecule has 0 bridgehead atoms. The zero-order valence-corrected chi connectivity index (χ0v) is 17.8. The molecule has 1 amide bonds. The van der Waals surface area contributed by atoms with Gasteiger partial charge in [-0.3, -0.25) is 4.79 Å². The van der Waals surface area contributed by atoms with Crippen molar-refractivity contribution in [2.45, 2.75) is 17.3 Å². The Morgan fingerprint density at radius 2 is 1.79 bits per heavy atom. The normalized spacial score (nSPS) is 16.4. The Bertz CT molecular complexity index is 1000. The zero-order valence-electron chi connectivity index (χ0n) is 14.5. The number of rotatable bonds is 3. The molecule has 3 rings (SSSR count). The molecule has 1 aliphatic rings. The van der Waals surface area contributed by atoms with Crippen molar-refractivity contribution in [1.29, 1.82) is 0 Å². The maximum atomic E-state index is 12.7. The van der Waals surface area contributed by atoms with Crippen molar-refractivity contribution in [3.63, 3.8) is 0 Å². The number of aromatic nitrogens is 1. The first-order valence-corrected chi connectivity index (χ1v) is 11.1. The summed E-state index contributed by atoms with van der Waals surface area (Å²) in [5, 5.41) is 0. The van der Waals surface area contributed by atoms with Gasteiger partial charge in [0.2, 0.25) is 0 Å². The highest BCUT2D eigenvalue weighted by Gasteiger charge is 2.34. The topological polar surface area (TPSA) is 70.6 Å². The fourth-order valence-electron chi connectivity index (χ4n) is 2.81. The molecule has 1 saturated heterocycles. The molecule has 0 saturated carbocycles. The third-order valence-electron chi connectivity index (χ3n) is 4.28. The molecule has 152 valence electrons. The van der Waals surface area contributed by atoms with E-state index in [0.29, 0.717) is 3.79 Å². The van der Waals surface area contributed by atoms with Crippen LogP contribution in [0.3, 0.4) is 0 Å². The molecule has 0 unspecified atom stereocenters. The van der Waals surface area contributed by atoms with E-state index in [0.717, 1.165) is 23.5 Å². The van der Waals surface area contributed by atoms with Crippen molar-refractivity contribution in [3.05, 3.63) is 45.0 Å². The number of thiophene rings is 1. The summed E-state index contributed by atoms with van der Waals surface area (Å²) in [5.74, 6) is -0.463. The summed E-state index contributed by atoms with van der Waals surface area (Å²) in [5.41, 5.74) is -0.996. The van der Waals surface area contributed by atoms with Gasteiger partial charge in [-0.05, 0) is 47.1 Å². The number of hydrogen-bond acceptors (Lipinski definition) is 5. The minimum atomic E-state index is -4.58. The van der Waals surface area contributed by atoms with Gasteiger partial charge < -0.3 is 4.90 Å². The van der Waals surface area contributed by atoms with Crippen LogP contribution in [0.5, 0.6) is 0 Å². The maximum absolute atomic E-state index is 12.7. The van der Waals surface area contributed by atoms with Crippen LogP contribution in [0.4, 0.5) is 13.2 Å². The number of halogens is 4. The molecular weight excluding hydrogens is 483 g/mol. The third kappa shape index (κ3) is 4.24. The summed E-state index contributed by atoms with van der Waals surface area (Å²) in [4.78, 5) is 17.5. The average molecular weight is 498 g/mol. The number of sulfonamides is 1. The lowest BCUT2D eigenvalue weighted by molar-refractivity contribution is -0.141. The molecule has 0 radical (unpaired) electrons. The number of aryl methyl sites for hydroxylation is 1. The first-order chi connectivity index (χ1) is 13.0. The summed E-state index contributed by atoms with van der Waals surface area (Å²) in [7, 11) is -3.64. The monoisotopic (exact) mass is 497 g/mol. The summed E-state index contributed by atoms with van der Waals surface area (Å²) in [6.07, 6.45) is -4.58. The number of alkyl halides is 3. The molecule has 3 heterocycles. The van der Waals surface area contributed by atoms with E-state index in [1.165, 1.54) is 22.2 Å². The molecule has 0 aliphatic carbocycles. The smallest absolute Gasteiger partial charge is 0.336 e. The molecule has 0 N–H and O–H groups in total. The van der Waals surface area contributed by atoms with E-state index in [1.54, 1.807) is 6.07 Å². The van der Waals surface area contributed by atoms with Crippen LogP contribution in [0.2, 0.25) is 0 Å². The van der Waals surface area contributed by atoms with Gasteiger partial charge in [0.15, 0.2) is 0 Å². The highest BCUT2D eigenvalue weighted by atomic mass is 79.9. The summed E-state index contributed by atoms with van der Waals surface area (Å²) < 4.78 is 65.7. The lowest BCUT2D eigenvalue weighted by Gasteiger charge is -2.34. The van der Waals surface area contributed by atoms with Crippen LogP contribution in [-0.4, -0.2) is 54.7 Å². The number of amides is 1. The van der Waals surface area contributed by atoms with Crippen molar-refractivity contribution >= 4 is 43.2 Å². The molecular formula is C16H15BrF3N3O3S2. The zero-order chi connectivity index (χ0) is 20.7. The second kappa shape index (κ2) is 7.73. The number of pyridine rings is 1. The lowest BCUT2D eigenvalue weighted by atomic mass is 10.1. The SMILES string of the molecule is Cc1nc(C(F)(F)F)ccc1C(=O)N1CCN(S(=O)(=O)c2ccc(Br)s2)CC1. The van der Waals surface area contributed by atoms with Crippen LogP contribution in [0.1, 0.15) is 21.7 Å². The molecule has 28 heavy (non-hydrogen) atoms. The van der Waals surface area contributed by atoms with E-state index in [4.69, 9.17) is 0 Å². The Labute approximate surface area is 172 Å². The predicted molar refractivity (Wildman–Crippen MR) is 101 cm³/mol. The van der Waals surface area contributed by atoms with E-state index >= 15 is 0 Å². The Morgan fingerprint density at radius 1 is 1.14 bits per heavy atom. The highest BCUT2D eigenvalue weighted by molar-refractivity contribution is 9.11. The molecule has 0 aromatic carbocycles. The second-order valence-corrected chi connectivity index (χ2v) is 10.7. The number of carbonyl (C=O) groups is 1. The fraction of sp³-hybridized carbons (Fsp3) is 0.375. The van der Waals surface area contributed by atoms with Crippen LogP contribution in [0.25, 0.3) is 0 Å². The van der Waals surface area contributed by atoms with Crippen LogP contribution >= 0.6 is 27.3 Å². The second-order valence-electron chi connectivity index (χ2n) is 6.08. The highest BCUT2D eigenvalue weighted by Crippen LogP contribution is 2.30. The Morgan fingerprint density at radius 3 is 2.29 bits per heavy atom. The summed E-state index contributed by atoms with van der Waals surface area (Å²) in [6, 6.07) is 5.05. The molecule has 2 aromatic rings. The van der Waals surface area contributed by atoms with Gasteiger partial charge in [-0.15, -0.1) is 11.3 Å². The fourth-order valence-corrected chi connectivity index (χ4v) is 6.40. The molecule has 1 fully saturated rings. The molecule has 0 atom stereocenters. The largest absolute Gasteiger partial charge is 0.433 e. The Balaban J connectivity index is 1.70. The third-order valence-corrected chi connectivity index (χ3v) is 8.26. The molecule has 2 aromatic heterocycles. The molecule has 12 heteroatoms. The number of hydrogen-bond donors (Lipinski definition) is 0. The first-order valence-electron chi connectivity index (χ1n) is 8.10. The van der Waals surface area contributed by atoms with Crippen LogP contribution < -0.4 is 0 Å². The number of carbonyl (C=O) groups excluding carboxylic acids is 1. The van der Waals surface area contributed by atoms with Crippen molar-refractivity contribution in [1.82, 2.24) is 14.2 Å². The quantitative estimate of drug-likeness (QED) is 0.651. The number of nitrogens with zero attached hydrogens (tertiary/aromatic N) is 3. The minimum Gasteiger partial charge on any atom is -0.336 e. The Kier molecular flexibility index (Phi) is 5.86. The standard InChI is InChI=1S/C16H15BrF3N3O3S2/c1-10-11(2-3-12(21-10)16(18,19)20)15(24)22-6-8-23(9-7-22)28(25,26)14-5-4-13(17)27-14/h2-5H,6-9H2,1H3. The van der Waals surface area contributed by atoms with E-state index in [-0.39, 0.29) is 41.6 Å². The van der Waals surface area contributed by atoms with Crippen LogP contribution in [-0.2, 0) is 16.2 Å². The van der Waals surface area contributed by atoms with Gasteiger partial charge in [0.25, 0.3) is 15.9 Å². The maximum Gasteiger partial charge on any atom is 0.433 e. The van der Waals surface area contributed by atoms with Crippen molar-refractivity contribution in [2.75, 3.05) is 26.2 Å². The van der Waals surface area contributed by atoms with Gasteiger partial charge in [0.05, 0.1) is 15.0 Å². The van der Waals surface area contributed by atoms with E-state index in [9.17, 15) is 26.4 Å². The molecule has 6 nitrogen and oxygen atoms in total. The summed E-state index contributed by atoms with van der Waals surface area (Å²) in [6.45, 7) is 1.85. The summed E-state index contributed by atoms with van der Waals surface area (Å²) >= 11 is 4.34. The van der Waals surface area contributed by atoms with Crippen molar-refractivity contribution < 1.29 is 26.4 Å². The first kappa shape index (κ1) is 21.2. The predicted octanol–water partition coefficient (Wildman–Crippen LogP) is 3.38. The van der Waals surface area contributed by atoms with Crippen LogP contribution in [0, 0.1) is 6.92 Å². The molecule has 1 aliphatic heterocycles. The van der Waals surface area contributed by atoms with E-state index in [1.807, 2.05) is 0 Å². The van der Waals surface area contributed by atoms with Gasteiger partial charge in [0, 0.05) is 26.2 Å². The van der Waals surface area contributed by atoms with Gasteiger partial charge in [-0.25, -0.2) is 13.4 Å². The minimum absolute atomic E-state index is 0.0155. The van der Waals surface area contributed by atoms with E-state index in [2.05, 4.69) is 20.9 Å². The van der Waals surface area contributed by atoms with Crippen molar-refractivity contribution in [2.24, 2.45) is 0 Å². The average Bonchev–Trinajstić information content (AvgIpc) is 3.08. The lowest BCUT2D eigenvalue weighted by Crippen LogP contribution is -2.50. The van der Waals surface area contributed by atoms with Gasteiger partial charge >= 0.3 is 6.18 Å². The van der Waals surface area contributed by atoms with E-state index < -0.39 is 27.8 Å². The van der Waals surface area contributed by atoms with Crippen LogP contribution in [0.15, 0.2) is 32.3 Å². The Hall–Kier alpha value is -1.50. The van der Waals surface area contributed by atoms with Gasteiger partial charge in [-0.1, -0.05) is 0 Å². The molecule has 0 spiro atoms.